The summed E-state index contributed by atoms with van der Waals surface area (Å²) in [5, 5.41) is 20.1. The molecule has 1 N–H and O–H groups in total. The molecule has 2 rings (SSSR count). The van der Waals surface area contributed by atoms with Crippen LogP contribution >= 0.6 is 0 Å². The summed E-state index contributed by atoms with van der Waals surface area (Å²) in [7, 11) is 0. The summed E-state index contributed by atoms with van der Waals surface area (Å²) in [5.74, 6) is 0.512. The molecule has 0 amide bonds. The predicted molar refractivity (Wildman–Crippen MR) is 67.3 cm³/mol. The number of imidazole rings is 1. The minimum Gasteiger partial charge on any atom is -0.388 e. The summed E-state index contributed by atoms with van der Waals surface area (Å²) >= 11 is 0. The van der Waals surface area contributed by atoms with E-state index in [0.29, 0.717) is 11.3 Å². The first-order chi connectivity index (χ1) is 8.34. The molecule has 1 heterocycles. The van der Waals surface area contributed by atoms with Gasteiger partial charge in [0.05, 0.1) is 16.0 Å². The number of hydrogen-bond acceptors (Lipinski definition) is 4. The molecule has 0 saturated carbocycles. The molecule has 0 radical (unpaired) electrons. The van der Waals surface area contributed by atoms with E-state index >= 15 is 0 Å². The topological polar surface area (TPSA) is 81.2 Å². The van der Waals surface area contributed by atoms with Crippen LogP contribution < -0.4 is 0 Å². The highest BCUT2D eigenvalue weighted by Gasteiger charge is 2.22. The average molecular weight is 249 g/mol. The maximum absolute atomic E-state index is 10.7. The molecule has 0 aliphatic rings. The Morgan fingerprint density at radius 3 is 2.61 bits per heavy atom. The number of nitro benzene ring substituents is 1. The van der Waals surface area contributed by atoms with Gasteiger partial charge in [0.2, 0.25) is 0 Å². The fourth-order valence-electron chi connectivity index (χ4n) is 2.09. The number of rotatable bonds is 2. The summed E-state index contributed by atoms with van der Waals surface area (Å²) in [6.45, 7) is 5.79. The fraction of sp³-hybridized carbons (Fsp3) is 0.417. The Morgan fingerprint density at radius 1 is 1.44 bits per heavy atom. The largest absolute Gasteiger partial charge is 0.388 e. The van der Waals surface area contributed by atoms with Gasteiger partial charge in [-0.2, -0.15) is 0 Å². The number of nitro groups is 1. The van der Waals surface area contributed by atoms with E-state index in [9.17, 15) is 15.2 Å². The number of hydrogen-bond donors (Lipinski definition) is 1. The van der Waals surface area contributed by atoms with E-state index < -0.39 is 4.92 Å². The van der Waals surface area contributed by atoms with Gasteiger partial charge in [0, 0.05) is 17.7 Å². The van der Waals surface area contributed by atoms with Gasteiger partial charge in [-0.15, -0.1) is 0 Å². The molecule has 0 atom stereocenters. The molecule has 0 fully saturated rings. The highest BCUT2D eigenvalue weighted by atomic mass is 16.6. The molecular weight excluding hydrogens is 234 g/mol. The van der Waals surface area contributed by atoms with Crippen LogP contribution in [0.15, 0.2) is 18.2 Å². The Hall–Kier alpha value is -1.95. The molecule has 96 valence electrons. The van der Waals surface area contributed by atoms with Crippen LogP contribution in [0.4, 0.5) is 5.69 Å². The first kappa shape index (κ1) is 12.5. The highest BCUT2D eigenvalue weighted by Crippen LogP contribution is 2.27. The second-order valence-corrected chi connectivity index (χ2v) is 5.12. The summed E-state index contributed by atoms with van der Waals surface area (Å²) in [5.41, 5.74) is 1.08. The van der Waals surface area contributed by atoms with Crippen LogP contribution in [-0.2, 0) is 12.1 Å². The van der Waals surface area contributed by atoms with E-state index in [2.05, 4.69) is 4.98 Å². The van der Waals surface area contributed by atoms with Gasteiger partial charge in [-0.05, 0) is 26.8 Å². The van der Waals surface area contributed by atoms with Gasteiger partial charge in [-0.25, -0.2) is 4.98 Å². The van der Waals surface area contributed by atoms with Gasteiger partial charge in [0.1, 0.15) is 12.4 Å². The van der Waals surface area contributed by atoms with Gasteiger partial charge >= 0.3 is 0 Å². The third kappa shape index (κ3) is 1.95. The number of aromatic nitrogens is 2. The summed E-state index contributed by atoms with van der Waals surface area (Å²) in [6.07, 6.45) is 0. The average Bonchev–Trinajstić information content (AvgIpc) is 2.65. The molecule has 0 saturated heterocycles. The maximum atomic E-state index is 10.7. The van der Waals surface area contributed by atoms with Gasteiger partial charge in [-0.3, -0.25) is 10.1 Å². The number of aliphatic hydroxyl groups is 1. The monoisotopic (exact) mass is 249 g/mol. The van der Waals surface area contributed by atoms with Crippen LogP contribution in [0.3, 0.4) is 0 Å². The van der Waals surface area contributed by atoms with Crippen LogP contribution in [0, 0.1) is 10.1 Å². The van der Waals surface area contributed by atoms with Crippen LogP contribution in [-0.4, -0.2) is 19.6 Å². The summed E-state index contributed by atoms with van der Waals surface area (Å²) < 4.78 is 1.89. The standard InChI is InChI=1S/C12H15N3O3/c1-12(2,3)14-10-5-4-8(15(17)18)6-9(10)13-11(14)7-16/h4-6,16H,7H2,1-3H3. The van der Waals surface area contributed by atoms with Crippen LogP contribution in [0.2, 0.25) is 0 Å². The molecular formula is C12H15N3O3. The van der Waals surface area contributed by atoms with E-state index in [1.807, 2.05) is 25.3 Å². The smallest absolute Gasteiger partial charge is 0.271 e. The van der Waals surface area contributed by atoms with Crippen molar-refractivity contribution in [2.45, 2.75) is 32.9 Å². The zero-order valence-corrected chi connectivity index (χ0v) is 10.5. The van der Waals surface area contributed by atoms with E-state index in [0.717, 1.165) is 5.52 Å². The lowest BCUT2D eigenvalue weighted by atomic mass is 10.1. The number of aliphatic hydroxyl groups excluding tert-OH is 1. The van der Waals surface area contributed by atoms with Crippen molar-refractivity contribution in [1.82, 2.24) is 9.55 Å². The van der Waals surface area contributed by atoms with Crippen molar-refractivity contribution in [3.63, 3.8) is 0 Å². The Balaban J connectivity index is 2.74. The van der Waals surface area contributed by atoms with E-state index in [-0.39, 0.29) is 17.8 Å². The zero-order valence-electron chi connectivity index (χ0n) is 10.5. The zero-order chi connectivity index (χ0) is 13.5. The first-order valence-corrected chi connectivity index (χ1v) is 5.61. The van der Waals surface area contributed by atoms with E-state index in [4.69, 9.17) is 0 Å². The molecule has 0 unspecified atom stereocenters. The minimum atomic E-state index is -0.450. The number of nitrogens with zero attached hydrogens (tertiary/aromatic N) is 3. The molecule has 2 aromatic rings. The van der Waals surface area contributed by atoms with Gasteiger partial charge in [-0.1, -0.05) is 0 Å². The van der Waals surface area contributed by atoms with Crippen LogP contribution in [0.25, 0.3) is 11.0 Å². The molecule has 1 aromatic heterocycles. The molecule has 6 nitrogen and oxygen atoms in total. The Kier molecular flexibility index (Phi) is 2.82. The van der Waals surface area contributed by atoms with Gasteiger partial charge in [0.25, 0.3) is 5.69 Å². The minimum absolute atomic E-state index is 0.00514. The Morgan fingerprint density at radius 2 is 2.11 bits per heavy atom. The van der Waals surface area contributed by atoms with Crippen molar-refractivity contribution in [3.8, 4) is 0 Å². The molecule has 0 bridgehead atoms. The molecule has 1 aromatic carbocycles. The lowest BCUT2D eigenvalue weighted by Gasteiger charge is -2.24. The van der Waals surface area contributed by atoms with Crippen molar-refractivity contribution in [2.75, 3.05) is 0 Å². The molecule has 6 heteroatoms. The van der Waals surface area contributed by atoms with Gasteiger partial charge < -0.3 is 9.67 Å². The molecule has 0 spiro atoms. The van der Waals surface area contributed by atoms with Crippen LogP contribution in [0.1, 0.15) is 26.6 Å². The second kappa shape index (κ2) is 4.06. The van der Waals surface area contributed by atoms with Gasteiger partial charge in [0.15, 0.2) is 0 Å². The molecule has 0 aliphatic heterocycles. The molecule has 0 aliphatic carbocycles. The quantitative estimate of drug-likeness (QED) is 0.653. The maximum Gasteiger partial charge on any atom is 0.271 e. The van der Waals surface area contributed by atoms with Crippen molar-refractivity contribution in [1.29, 1.82) is 0 Å². The SMILES string of the molecule is CC(C)(C)n1c(CO)nc2cc([N+](=O)[O-])ccc21. The summed E-state index contributed by atoms with van der Waals surface area (Å²) in [4.78, 5) is 14.5. The lowest BCUT2D eigenvalue weighted by molar-refractivity contribution is -0.384. The van der Waals surface area contributed by atoms with Crippen molar-refractivity contribution in [3.05, 3.63) is 34.1 Å². The first-order valence-electron chi connectivity index (χ1n) is 5.61. The predicted octanol–water partition coefficient (Wildman–Crippen LogP) is 2.19. The second-order valence-electron chi connectivity index (χ2n) is 5.12. The number of benzene rings is 1. The van der Waals surface area contributed by atoms with Crippen molar-refractivity contribution < 1.29 is 10.0 Å². The highest BCUT2D eigenvalue weighted by molar-refractivity contribution is 5.79. The van der Waals surface area contributed by atoms with Crippen LogP contribution in [0.5, 0.6) is 0 Å². The number of non-ortho nitro benzene ring substituents is 1. The number of fused-ring (bicyclic) bond motifs is 1. The van der Waals surface area contributed by atoms with Crippen molar-refractivity contribution in [2.24, 2.45) is 0 Å². The fourth-order valence-corrected chi connectivity index (χ4v) is 2.09. The Labute approximate surface area is 104 Å². The third-order valence-electron chi connectivity index (χ3n) is 2.73. The third-order valence-corrected chi connectivity index (χ3v) is 2.73. The normalized spacial score (nSPS) is 12.0. The lowest BCUT2D eigenvalue weighted by Crippen LogP contribution is -2.24. The molecule has 18 heavy (non-hydrogen) atoms. The van der Waals surface area contributed by atoms with E-state index in [1.54, 1.807) is 6.07 Å². The summed E-state index contributed by atoms with van der Waals surface area (Å²) in [6, 6.07) is 4.55. The van der Waals surface area contributed by atoms with E-state index in [1.165, 1.54) is 12.1 Å². The Bertz CT molecular complexity index is 611. The van der Waals surface area contributed by atoms with Crippen molar-refractivity contribution >= 4 is 16.7 Å².